The normalized spacial score (nSPS) is 22.4. The molecule has 108 valence electrons. The lowest BCUT2D eigenvalue weighted by Gasteiger charge is -2.28. The third-order valence-corrected chi connectivity index (χ3v) is 7.78. The van der Waals surface area contributed by atoms with E-state index in [1.54, 1.807) is 0 Å². The van der Waals surface area contributed by atoms with E-state index >= 15 is 0 Å². The Hall–Kier alpha value is 0.340. The van der Waals surface area contributed by atoms with Crippen molar-refractivity contribution in [2.24, 2.45) is 5.92 Å². The van der Waals surface area contributed by atoms with Gasteiger partial charge in [-0.05, 0) is 60.8 Å². The Balaban J connectivity index is 2.08. The van der Waals surface area contributed by atoms with Gasteiger partial charge in [0.25, 0.3) is 0 Å². The van der Waals surface area contributed by atoms with E-state index in [-0.39, 0.29) is 10.3 Å². The van der Waals surface area contributed by atoms with Crippen LogP contribution in [-0.2, 0) is 10.0 Å². The van der Waals surface area contributed by atoms with Crippen LogP contribution in [0.1, 0.15) is 19.8 Å². The summed E-state index contributed by atoms with van der Waals surface area (Å²) in [4.78, 5) is 0. The van der Waals surface area contributed by atoms with E-state index in [0.29, 0.717) is 14.7 Å². The van der Waals surface area contributed by atoms with Gasteiger partial charge in [0.15, 0.2) is 0 Å². The van der Waals surface area contributed by atoms with E-state index in [2.05, 4.69) is 26.0 Å². The standard InChI is InChI=1S/C11H16BrClN2O2S2/c1-7(8-3-2-4-14-6-8)15-19(16,17)10-5-9(13)11(12)18-10/h5,7-8,14-15H,2-4,6H2,1H3. The van der Waals surface area contributed by atoms with Gasteiger partial charge in [-0.3, -0.25) is 0 Å². The molecule has 2 atom stereocenters. The summed E-state index contributed by atoms with van der Waals surface area (Å²) >= 11 is 10.2. The van der Waals surface area contributed by atoms with Gasteiger partial charge in [0.2, 0.25) is 10.0 Å². The minimum absolute atomic E-state index is 0.0857. The summed E-state index contributed by atoms with van der Waals surface area (Å²) in [5, 5.41) is 3.72. The van der Waals surface area contributed by atoms with Crippen LogP contribution >= 0.6 is 38.9 Å². The molecule has 2 heterocycles. The van der Waals surface area contributed by atoms with Gasteiger partial charge >= 0.3 is 0 Å². The van der Waals surface area contributed by atoms with Crippen LogP contribution in [0.3, 0.4) is 0 Å². The first kappa shape index (κ1) is 15.7. The minimum Gasteiger partial charge on any atom is -0.316 e. The van der Waals surface area contributed by atoms with Crippen molar-refractivity contribution < 1.29 is 8.42 Å². The maximum Gasteiger partial charge on any atom is 0.250 e. The van der Waals surface area contributed by atoms with Crippen molar-refractivity contribution in [3.63, 3.8) is 0 Å². The minimum atomic E-state index is -3.48. The molecule has 4 nitrogen and oxygen atoms in total. The molecule has 0 bridgehead atoms. The first-order valence-corrected chi connectivity index (χ1v) is 9.55. The Morgan fingerprint density at radius 2 is 2.37 bits per heavy atom. The third kappa shape index (κ3) is 3.92. The molecule has 1 aliphatic heterocycles. The molecule has 8 heteroatoms. The molecule has 1 saturated heterocycles. The van der Waals surface area contributed by atoms with Gasteiger partial charge in [-0.2, -0.15) is 0 Å². The molecule has 0 amide bonds. The number of piperidine rings is 1. The number of sulfonamides is 1. The Morgan fingerprint density at radius 1 is 1.63 bits per heavy atom. The molecular formula is C11H16BrClN2O2S2. The van der Waals surface area contributed by atoms with Crippen LogP contribution in [0.25, 0.3) is 0 Å². The Morgan fingerprint density at radius 3 is 2.89 bits per heavy atom. The van der Waals surface area contributed by atoms with Crippen LogP contribution in [0.15, 0.2) is 14.1 Å². The molecule has 19 heavy (non-hydrogen) atoms. The van der Waals surface area contributed by atoms with Crippen LogP contribution in [0.4, 0.5) is 0 Å². The molecule has 0 spiro atoms. The lowest BCUT2D eigenvalue weighted by Crippen LogP contribution is -2.44. The number of thiophene rings is 1. The average Bonchev–Trinajstić information content (AvgIpc) is 2.71. The van der Waals surface area contributed by atoms with E-state index in [9.17, 15) is 8.42 Å². The van der Waals surface area contributed by atoms with Crippen molar-refractivity contribution in [2.45, 2.75) is 30.0 Å². The number of rotatable bonds is 4. The summed E-state index contributed by atoms with van der Waals surface area (Å²) in [6.45, 7) is 3.79. The SMILES string of the molecule is CC(NS(=O)(=O)c1cc(Cl)c(Br)s1)C1CCCNC1. The van der Waals surface area contributed by atoms with E-state index in [0.717, 1.165) is 37.3 Å². The molecule has 1 fully saturated rings. The summed E-state index contributed by atoms with van der Waals surface area (Å²) in [7, 11) is -3.48. The van der Waals surface area contributed by atoms with Crippen LogP contribution < -0.4 is 10.0 Å². The molecule has 0 saturated carbocycles. The van der Waals surface area contributed by atoms with E-state index in [4.69, 9.17) is 11.6 Å². The Kier molecular flexibility index (Phi) is 5.30. The van der Waals surface area contributed by atoms with Gasteiger partial charge in [-0.1, -0.05) is 11.6 Å². The molecule has 0 aliphatic carbocycles. The third-order valence-electron chi connectivity index (χ3n) is 3.27. The van der Waals surface area contributed by atoms with E-state index in [1.807, 2.05) is 6.92 Å². The van der Waals surface area contributed by atoms with E-state index in [1.165, 1.54) is 6.07 Å². The van der Waals surface area contributed by atoms with Crippen molar-refractivity contribution in [2.75, 3.05) is 13.1 Å². The van der Waals surface area contributed by atoms with Crippen molar-refractivity contribution in [1.29, 1.82) is 0 Å². The molecule has 0 radical (unpaired) electrons. The number of hydrogen-bond donors (Lipinski definition) is 2. The average molecular weight is 388 g/mol. The van der Waals surface area contributed by atoms with Crippen LogP contribution in [0.2, 0.25) is 5.02 Å². The molecule has 1 aromatic heterocycles. The summed E-state index contributed by atoms with van der Waals surface area (Å²) in [6, 6.07) is 1.39. The number of hydrogen-bond acceptors (Lipinski definition) is 4. The zero-order valence-electron chi connectivity index (χ0n) is 10.4. The smallest absolute Gasteiger partial charge is 0.250 e. The number of nitrogens with one attached hydrogen (secondary N) is 2. The fourth-order valence-electron chi connectivity index (χ4n) is 2.16. The molecule has 2 N–H and O–H groups in total. The lowest BCUT2D eigenvalue weighted by atomic mass is 9.94. The lowest BCUT2D eigenvalue weighted by molar-refractivity contribution is 0.320. The molecule has 1 aliphatic rings. The predicted molar refractivity (Wildman–Crippen MR) is 82.4 cm³/mol. The molecular weight excluding hydrogens is 372 g/mol. The largest absolute Gasteiger partial charge is 0.316 e. The second-order valence-electron chi connectivity index (χ2n) is 4.70. The molecule has 2 rings (SSSR count). The zero-order valence-corrected chi connectivity index (χ0v) is 14.4. The summed E-state index contributed by atoms with van der Waals surface area (Å²) in [6.07, 6.45) is 2.14. The quantitative estimate of drug-likeness (QED) is 0.835. The van der Waals surface area contributed by atoms with Crippen LogP contribution in [0, 0.1) is 5.92 Å². The fraction of sp³-hybridized carbons (Fsp3) is 0.636. The van der Waals surface area contributed by atoms with Crippen molar-refractivity contribution >= 4 is 48.9 Å². The molecule has 1 aromatic rings. The van der Waals surface area contributed by atoms with Gasteiger partial charge < -0.3 is 5.32 Å². The predicted octanol–water partition coefficient (Wildman–Crippen LogP) is 2.83. The maximum atomic E-state index is 12.3. The van der Waals surface area contributed by atoms with Crippen molar-refractivity contribution in [1.82, 2.24) is 10.0 Å². The highest BCUT2D eigenvalue weighted by atomic mass is 79.9. The molecule has 2 unspecified atom stereocenters. The Labute approximate surface area is 131 Å². The summed E-state index contributed by atoms with van der Waals surface area (Å²) < 4.78 is 28.1. The van der Waals surface area contributed by atoms with Gasteiger partial charge in [-0.15, -0.1) is 11.3 Å². The first-order valence-electron chi connectivity index (χ1n) is 6.08. The van der Waals surface area contributed by atoms with Crippen LogP contribution in [0.5, 0.6) is 0 Å². The highest BCUT2D eigenvalue weighted by molar-refractivity contribution is 9.11. The molecule has 0 aromatic carbocycles. The van der Waals surface area contributed by atoms with Crippen LogP contribution in [-0.4, -0.2) is 27.5 Å². The summed E-state index contributed by atoms with van der Waals surface area (Å²) in [5.74, 6) is 0.336. The second-order valence-corrected chi connectivity index (χ2v) is 9.42. The Bertz CT molecular complexity index is 521. The second kappa shape index (κ2) is 6.41. The highest BCUT2D eigenvalue weighted by Gasteiger charge is 2.26. The number of halogens is 2. The monoisotopic (exact) mass is 386 g/mol. The highest BCUT2D eigenvalue weighted by Crippen LogP contribution is 2.34. The first-order chi connectivity index (χ1) is 8.90. The van der Waals surface area contributed by atoms with Gasteiger partial charge in [0.1, 0.15) is 4.21 Å². The van der Waals surface area contributed by atoms with E-state index < -0.39 is 10.0 Å². The fourth-order valence-corrected chi connectivity index (χ4v) is 5.89. The van der Waals surface area contributed by atoms with Gasteiger partial charge in [-0.25, -0.2) is 13.1 Å². The zero-order chi connectivity index (χ0) is 14.0. The van der Waals surface area contributed by atoms with Crippen molar-refractivity contribution in [3.05, 3.63) is 14.9 Å². The van der Waals surface area contributed by atoms with Gasteiger partial charge in [0, 0.05) is 6.04 Å². The summed E-state index contributed by atoms with van der Waals surface area (Å²) in [5.41, 5.74) is 0. The van der Waals surface area contributed by atoms with Gasteiger partial charge in [0.05, 0.1) is 8.81 Å². The van der Waals surface area contributed by atoms with Crippen molar-refractivity contribution in [3.8, 4) is 0 Å². The topological polar surface area (TPSA) is 58.2 Å². The maximum absolute atomic E-state index is 12.3.